The molecule has 1 fully saturated rings. The van der Waals surface area contributed by atoms with Crippen LogP contribution in [0.15, 0.2) is 55.0 Å². The number of hydrogen-bond donors (Lipinski definition) is 2. The van der Waals surface area contributed by atoms with Crippen LogP contribution in [-0.4, -0.2) is 31.9 Å². The molecule has 0 spiro atoms. The van der Waals surface area contributed by atoms with Gasteiger partial charge < -0.3 is 15.4 Å². The quantitative estimate of drug-likeness (QED) is 0.645. The van der Waals surface area contributed by atoms with Crippen molar-refractivity contribution < 1.29 is 9.53 Å². The first-order valence-corrected chi connectivity index (χ1v) is 9.86. The number of para-hydroxylation sites is 1. The molecule has 1 aliphatic carbocycles. The lowest BCUT2D eigenvalue weighted by Crippen LogP contribution is -2.35. The van der Waals surface area contributed by atoms with Gasteiger partial charge in [-0.3, -0.25) is 4.57 Å². The number of urea groups is 1. The number of nitrogens with one attached hydrogen (secondary N) is 2. The van der Waals surface area contributed by atoms with Gasteiger partial charge in [0.1, 0.15) is 12.4 Å². The van der Waals surface area contributed by atoms with E-state index in [-0.39, 0.29) is 18.7 Å². The maximum absolute atomic E-state index is 12.3. The minimum atomic E-state index is -0.289. The Morgan fingerprint density at radius 2 is 1.86 bits per heavy atom. The Kier molecular flexibility index (Phi) is 5.99. The standard InChI is InChI=1S/C21H24N6O2/c28-21(24-14-19-26-25-15-27(19)17-8-2-1-3-9-17)23-13-16-7-6-12-22-20(16)29-18-10-4-5-11-18/h1-3,6-9,12,15,18H,4-5,10-11,13-14H2,(H2,23,24,28). The predicted molar refractivity (Wildman–Crippen MR) is 108 cm³/mol. The van der Waals surface area contributed by atoms with Gasteiger partial charge in [0.05, 0.1) is 6.54 Å². The summed E-state index contributed by atoms with van der Waals surface area (Å²) in [5, 5.41) is 13.7. The summed E-state index contributed by atoms with van der Waals surface area (Å²) in [6.07, 6.45) is 8.08. The molecule has 4 rings (SSSR count). The molecule has 2 N–H and O–H groups in total. The minimum absolute atomic E-state index is 0.224. The fourth-order valence-electron chi connectivity index (χ4n) is 3.41. The lowest BCUT2D eigenvalue weighted by molar-refractivity contribution is 0.198. The van der Waals surface area contributed by atoms with E-state index in [1.807, 2.05) is 47.0 Å². The zero-order chi connectivity index (χ0) is 19.9. The highest BCUT2D eigenvalue weighted by Gasteiger charge is 2.18. The van der Waals surface area contributed by atoms with E-state index in [9.17, 15) is 4.79 Å². The van der Waals surface area contributed by atoms with Gasteiger partial charge in [0, 0.05) is 24.0 Å². The largest absolute Gasteiger partial charge is 0.474 e. The van der Waals surface area contributed by atoms with Crippen molar-refractivity contribution >= 4 is 6.03 Å². The number of carbonyl (C=O) groups excluding carboxylic acids is 1. The first kappa shape index (κ1) is 18.9. The van der Waals surface area contributed by atoms with Crippen LogP contribution in [-0.2, 0) is 13.1 Å². The first-order valence-electron chi connectivity index (χ1n) is 9.86. The third kappa shape index (κ3) is 4.90. The Hall–Kier alpha value is -3.42. The highest BCUT2D eigenvalue weighted by Crippen LogP contribution is 2.24. The van der Waals surface area contributed by atoms with Gasteiger partial charge in [-0.25, -0.2) is 9.78 Å². The van der Waals surface area contributed by atoms with Crippen LogP contribution < -0.4 is 15.4 Å². The lowest BCUT2D eigenvalue weighted by atomic mass is 10.2. The third-order valence-electron chi connectivity index (χ3n) is 4.93. The van der Waals surface area contributed by atoms with Crippen LogP contribution in [0.3, 0.4) is 0 Å². The van der Waals surface area contributed by atoms with E-state index in [0.717, 1.165) is 24.1 Å². The highest BCUT2D eigenvalue weighted by molar-refractivity contribution is 5.73. The molecule has 2 heterocycles. The van der Waals surface area contributed by atoms with Crippen LogP contribution in [0.2, 0.25) is 0 Å². The fraction of sp³-hybridized carbons (Fsp3) is 0.333. The number of carbonyl (C=O) groups is 1. The molecule has 2 amide bonds. The van der Waals surface area contributed by atoms with Crippen molar-refractivity contribution in [1.82, 2.24) is 30.4 Å². The van der Waals surface area contributed by atoms with Crippen LogP contribution in [0.25, 0.3) is 5.69 Å². The van der Waals surface area contributed by atoms with Crippen molar-refractivity contribution in [2.45, 2.75) is 44.9 Å². The highest BCUT2D eigenvalue weighted by atomic mass is 16.5. The Bertz CT molecular complexity index is 937. The van der Waals surface area contributed by atoms with Gasteiger partial charge in [0.2, 0.25) is 5.88 Å². The van der Waals surface area contributed by atoms with Crippen molar-refractivity contribution in [2.24, 2.45) is 0 Å². The molecule has 8 heteroatoms. The van der Waals surface area contributed by atoms with E-state index in [0.29, 0.717) is 18.2 Å². The molecule has 150 valence electrons. The molecule has 0 bridgehead atoms. The van der Waals surface area contributed by atoms with Gasteiger partial charge >= 0.3 is 6.03 Å². The fourth-order valence-corrected chi connectivity index (χ4v) is 3.41. The minimum Gasteiger partial charge on any atom is -0.474 e. The number of aromatic nitrogens is 4. The van der Waals surface area contributed by atoms with Crippen LogP contribution >= 0.6 is 0 Å². The van der Waals surface area contributed by atoms with Crippen LogP contribution in [0, 0.1) is 0 Å². The molecule has 1 aromatic carbocycles. The maximum Gasteiger partial charge on any atom is 0.315 e. The predicted octanol–water partition coefficient (Wildman–Crippen LogP) is 2.98. The van der Waals surface area contributed by atoms with E-state index in [4.69, 9.17) is 4.74 Å². The smallest absolute Gasteiger partial charge is 0.315 e. The average molecular weight is 392 g/mol. The van der Waals surface area contributed by atoms with Gasteiger partial charge in [0.25, 0.3) is 0 Å². The number of amides is 2. The lowest BCUT2D eigenvalue weighted by Gasteiger charge is -2.15. The number of hydrogen-bond acceptors (Lipinski definition) is 5. The normalized spacial score (nSPS) is 13.9. The average Bonchev–Trinajstić information content (AvgIpc) is 3.44. The topological polar surface area (TPSA) is 94.0 Å². The van der Waals surface area contributed by atoms with E-state index < -0.39 is 0 Å². The molecule has 3 aromatic rings. The Morgan fingerprint density at radius 3 is 2.69 bits per heavy atom. The van der Waals surface area contributed by atoms with Crippen LogP contribution in [0.5, 0.6) is 5.88 Å². The summed E-state index contributed by atoms with van der Waals surface area (Å²) < 4.78 is 7.86. The molecule has 0 unspecified atom stereocenters. The Labute approximate surface area is 169 Å². The van der Waals surface area contributed by atoms with Gasteiger partial charge in [-0.05, 0) is 43.9 Å². The molecular weight excluding hydrogens is 368 g/mol. The summed E-state index contributed by atoms with van der Waals surface area (Å²) in [5.41, 5.74) is 1.81. The molecule has 29 heavy (non-hydrogen) atoms. The van der Waals surface area contributed by atoms with E-state index in [1.165, 1.54) is 12.8 Å². The van der Waals surface area contributed by atoms with Gasteiger partial charge in [0.15, 0.2) is 5.82 Å². The SMILES string of the molecule is O=C(NCc1cccnc1OC1CCCC1)NCc1nncn1-c1ccccc1. The van der Waals surface area contributed by atoms with Crippen molar-refractivity contribution in [2.75, 3.05) is 0 Å². The number of benzene rings is 1. The maximum atomic E-state index is 12.3. The number of ether oxygens (including phenoxy) is 1. The Balaban J connectivity index is 1.31. The molecule has 2 aromatic heterocycles. The summed E-state index contributed by atoms with van der Waals surface area (Å²) >= 11 is 0. The van der Waals surface area contributed by atoms with Gasteiger partial charge in [-0.1, -0.05) is 24.3 Å². The zero-order valence-electron chi connectivity index (χ0n) is 16.1. The number of rotatable bonds is 7. The number of pyridine rings is 1. The van der Waals surface area contributed by atoms with E-state index >= 15 is 0 Å². The monoisotopic (exact) mass is 392 g/mol. The van der Waals surface area contributed by atoms with Crippen molar-refractivity contribution in [3.05, 3.63) is 66.4 Å². The van der Waals surface area contributed by atoms with Gasteiger partial charge in [-0.2, -0.15) is 0 Å². The molecule has 1 aliphatic rings. The summed E-state index contributed by atoms with van der Waals surface area (Å²) in [7, 11) is 0. The second kappa shape index (κ2) is 9.18. The molecule has 1 saturated carbocycles. The molecule has 8 nitrogen and oxygen atoms in total. The van der Waals surface area contributed by atoms with Crippen LogP contribution in [0.1, 0.15) is 37.1 Å². The second-order valence-corrected chi connectivity index (χ2v) is 6.98. The van der Waals surface area contributed by atoms with Crippen molar-refractivity contribution in [1.29, 1.82) is 0 Å². The second-order valence-electron chi connectivity index (χ2n) is 6.98. The third-order valence-corrected chi connectivity index (χ3v) is 4.93. The summed E-state index contributed by atoms with van der Waals surface area (Å²) in [6.45, 7) is 0.603. The van der Waals surface area contributed by atoms with Gasteiger partial charge in [-0.15, -0.1) is 10.2 Å². The van der Waals surface area contributed by atoms with E-state index in [1.54, 1.807) is 12.5 Å². The summed E-state index contributed by atoms with van der Waals surface area (Å²) in [4.78, 5) is 16.6. The molecule has 0 radical (unpaired) electrons. The molecular formula is C21H24N6O2. The molecule has 0 atom stereocenters. The molecule has 0 aliphatic heterocycles. The number of nitrogens with zero attached hydrogens (tertiary/aromatic N) is 4. The molecule has 0 saturated heterocycles. The zero-order valence-corrected chi connectivity index (χ0v) is 16.1. The summed E-state index contributed by atoms with van der Waals surface area (Å²) in [6, 6.07) is 13.2. The van der Waals surface area contributed by atoms with Crippen molar-refractivity contribution in [3.8, 4) is 11.6 Å². The van der Waals surface area contributed by atoms with Crippen molar-refractivity contribution in [3.63, 3.8) is 0 Å². The van der Waals surface area contributed by atoms with E-state index in [2.05, 4.69) is 25.8 Å². The summed E-state index contributed by atoms with van der Waals surface area (Å²) in [5.74, 6) is 1.25. The first-order chi connectivity index (χ1) is 14.3. The van der Waals surface area contributed by atoms with Crippen LogP contribution in [0.4, 0.5) is 4.79 Å². The Morgan fingerprint density at radius 1 is 1.07 bits per heavy atom.